The molecule has 0 spiro atoms. The number of carbonyl (C=O) groups excluding carboxylic acids is 1. The van der Waals surface area contributed by atoms with Crippen LogP contribution in [-0.2, 0) is 0 Å². The van der Waals surface area contributed by atoms with Crippen LogP contribution in [0.2, 0.25) is 0 Å². The smallest absolute Gasteiger partial charge is 0.256 e. The second-order valence-electron chi connectivity index (χ2n) is 3.60. The molecule has 0 radical (unpaired) electrons. The van der Waals surface area contributed by atoms with Gasteiger partial charge in [-0.1, -0.05) is 28.1 Å². The van der Waals surface area contributed by atoms with Gasteiger partial charge in [-0.25, -0.2) is 4.39 Å². The molecule has 18 heavy (non-hydrogen) atoms. The maximum absolute atomic E-state index is 13.4. The van der Waals surface area contributed by atoms with Crippen molar-refractivity contribution in [3.05, 3.63) is 58.3 Å². The zero-order valence-electron chi connectivity index (χ0n) is 9.15. The Morgan fingerprint density at radius 3 is 2.61 bits per heavy atom. The van der Waals surface area contributed by atoms with Gasteiger partial charge in [-0.15, -0.1) is 12.6 Å². The molecule has 1 amide bonds. The van der Waals surface area contributed by atoms with Crippen molar-refractivity contribution in [2.24, 2.45) is 0 Å². The van der Waals surface area contributed by atoms with Gasteiger partial charge in [0, 0.05) is 9.37 Å². The Morgan fingerprint density at radius 1 is 1.22 bits per heavy atom. The Morgan fingerprint density at radius 2 is 1.94 bits per heavy atom. The minimum atomic E-state index is -0.469. The molecule has 0 heterocycles. The predicted molar refractivity (Wildman–Crippen MR) is 75.7 cm³/mol. The second-order valence-corrected chi connectivity index (χ2v) is 4.99. The van der Waals surface area contributed by atoms with Crippen LogP contribution in [0.3, 0.4) is 0 Å². The van der Waals surface area contributed by atoms with Crippen molar-refractivity contribution in [2.75, 3.05) is 5.32 Å². The van der Waals surface area contributed by atoms with E-state index < -0.39 is 11.7 Å². The maximum Gasteiger partial charge on any atom is 0.256 e. The third-order valence-corrected chi connectivity index (χ3v) is 3.19. The number of thiol groups is 1. The van der Waals surface area contributed by atoms with E-state index in [2.05, 4.69) is 33.9 Å². The van der Waals surface area contributed by atoms with Gasteiger partial charge in [0.1, 0.15) is 5.82 Å². The first-order chi connectivity index (χ1) is 8.58. The number of anilines is 1. The van der Waals surface area contributed by atoms with E-state index in [0.717, 1.165) is 4.47 Å². The topological polar surface area (TPSA) is 29.1 Å². The molecule has 2 aromatic carbocycles. The highest BCUT2D eigenvalue weighted by molar-refractivity contribution is 9.10. The summed E-state index contributed by atoms with van der Waals surface area (Å²) in [6.07, 6.45) is 0. The first-order valence-corrected chi connectivity index (χ1v) is 6.36. The van der Waals surface area contributed by atoms with Crippen LogP contribution in [-0.4, -0.2) is 5.91 Å². The summed E-state index contributed by atoms with van der Waals surface area (Å²) in [5, 5.41) is 2.51. The van der Waals surface area contributed by atoms with E-state index in [1.54, 1.807) is 30.3 Å². The van der Waals surface area contributed by atoms with E-state index >= 15 is 0 Å². The zero-order chi connectivity index (χ0) is 13.1. The van der Waals surface area contributed by atoms with E-state index in [-0.39, 0.29) is 5.69 Å². The number of benzene rings is 2. The van der Waals surface area contributed by atoms with Gasteiger partial charge in [0.2, 0.25) is 0 Å². The molecule has 2 nitrogen and oxygen atoms in total. The average Bonchev–Trinajstić information content (AvgIpc) is 2.32. The lowest BCUT2D eigenvalue weighted by molar-refractivity contribution is 0.102. The Bertz CT molecular complexity index is 603. The summed E-state index contributed by atoms with van der Waals surface area (Å²) in [7, 11) is 0. The molecule has 0 aliphatic heterocycles. The van der Waals surface area contributed by atoms with Crippen molar-refractivity contribution in [3.63, 3.8) is 0 Å². The lowest BCUT2D eigenvalue weighted by Crippen LogP contribution is -2.13. The van der Waals surface area contributed by atoms with Gasteiger partial charge in [-0.05, 0) is 30.3 Å². The molecule has 0 atom stereocenters. The molecule has 0 unspecified atom stereocenters. The van der Waals surface area contributed by atoms with Crippen molar-refractivity contribution in [3.8, 4) is 0 Å². The fraction of sp³-hybridized carbons (Fsp3) is 0. The summed E-state index contributed by atoms with van der Waals surface area (Å²) in [4.78, 5) is 12.5. The molecule has 5 heteroatoms. The van der Waals surface area contributed by atoms with Crippen LogP contribution >= 0.6 is 28.6 Å². The summed E-state index contributed by atoms with van der Waals surface area (Å²) in [6, 6.07) is 11.1. The monoisotopic (exact) mass is 325 g/mol. The minimum Gasteiger partial charge on any atom is -0.319 e. The van der Waals surface area contributed by atoms with Crippen molar-refractivity contribution in [1.29, 1.82) is 0 Å². The molecule has 0 aliphatic carbocycles. The summed E-state index contributed by atoms with van der Waals surface area (Å²) < 4.78 is 14.2. The molecule has 92 valence electrons. The van der Waals surface area contributed by atoms with Crippen LogP contribution in [0.1, 0.15) is 10.4 Å². The highest BCUT2D eigenvalue weighted by atomic mass is 79.9. The highest BCUT2D eigenvalue weighted by Crippen LogP contribution is 2.21. The maximum atomic E-state index is 13.4. The van der Waals surface area contributed by atoms with Crippen LogP contribution in [0, 0.1) is 5.82 Å². The van der Waals surface area contributed by atoms with Crippen molar-refractivity contribution in [1.82, 2.24) is 0 Å². The van der Waals surface area contributed by atoms with Crippen LogP contribution in [0.4, 0.5) is 10.1 Å². The van der Waals surface area contributed by atoms with Crippen molar-refractivity contribution < 1.29 is 9.18 Å². The predicted octanol–water partition coefficient (Wildman–Crippen LogP) is 4.13. The van der Waals surface area contributed by atoms with E-state index in [1.165, 1.54) is 12.1 Å². The van der Waals surface area contributed by atoms with Gasteiger partial charge < -0.3 is 5.32 Å². The van der Waals surface area contributed by atoms with Gasteiger partial charge in [0.25, 0.3) is 5.91 Å². The van der Waals surface area contributed by atoms with Crippen LogP contribution in [0.5, 0.6) is 0 Å². The third-order valence-electron chi connectivity index (χ3n) is 2.33. The van der Waals surface area contributed by atoms with Gasteiger partial charge in [0.05, 0.1) is 11.3 Å². The van der Waals surface area contributed by atoms with Gasteiger partial charge in [-0.3, -0.25) is 4.79 Å². The molecular weight excluding hydrogens is 317 g/mol. The highest BCUT2D eigenvalue weighted by Gasteiger charge is 2.11. The number of hydrogen-bond donors (Lipinski definition) is 2. The van der Waals surface area contributed by atoms with Crippen molar-refractivity contribution >= 4 is 40.2 Å². The summed E-state index contributed by atoms with van der Waals surface area (Å²) >= 11 is 7.50. The molecular formula is C13H9BrFNOS. The lowest BCUT2D eigenvalue weighted by Gasteiger charge is -2.08. The van der Waals surface area contributed by atoms with Crippen molar-refractivity contribution in [2.45, 2.75) is 4.90 Å². The minimum absolute atomic E-state index is 0.151. The molecule has 0 saturated heterocycles. The Balaban J connectivity index is 2.25. The molecule has 0 bridgehead atoms. The molecule has 2 rings (SSSR count). The number of carbonyl (C=O) groups is 1. The first-order valence-electron chi connectivity index (χ1n) is 5.12. The van der Waals surface area contributed by atoms with Crippen LogP contribution in [0.15, 0.2) is 51.8 Å². The quantitative estimate of drug-likeness (QED) is 0.799. The standard InChI is InChI=1S/C13H9BrFNOS/c14-8-5-6-9(12(18)7-8)13(17)16-11-4-2-1-3-10(11)15/h1-7,18H,(H,16,17). The Labute approximate surface area is 118 Å². The summed E-state index contributed by atoms with van der Waals surface area (Å²) in [6.45, 7) is 0. The van der Waals surface area contributed by atoms with E-state index in [0.29, 0.717) is 10.5 Å². The number of nitrogens with one attached hydrogen (secondary N) is 1. The lowest BCUT2D eigenvalue weighted by atomic mass is 10.2. The number of amides is 1. The number of hydrogen-bond acceptors (Lipinski definition) is 2. The van der Waals surface area contributed by atoms with E-state index in [4.69, 9.17) is 0 Å². The summed E-state index contributed by atoms with van der Waals surface area (Å²) in [5.41, 5.74) is 0.544. The normalized spacial score (nSPS) is 10.2. The molecule has 2 aromatic rings. The first kappa shape index (κ1) is 13.1. The van der Waals surface area contributed by atoms with E-state index in [9.17, 15) is 9.18 Å². The third kappa shape index (κ3) is 2.91. The largest absolute Gasteiger partial charge is 0.319 e. The fourth-order valence-corrected chi connectivity index (χ4v) is 2.30. The average molecular weight is 326 g/mol. The molecule has 0 saturated carbocycles. The Kier molecular flexibility index (Phi) is 4.04. The van der Waals surface area contributed by atoms with Crippen LogP contribution in [0.25, 0.3) is 0 Å². The second kappa shape index (κ2) is 5.54. The SMILES string of the molecule is O=C(Nc1ccccc1F)c1ccc(Br)cc1S. The van der Waals surface area contributed by atoms with E-state index in [1.807, 2.05) is 0 Å². The number of rotatable bonds is 2. The number of halogens is 2. The molecule has 0 fully saturated rings. The molecule has 0 aliphatic rings. The Hall–Kier alpha value is -1.33. The molecule has 1 N–H and O–H groups in total. The van der Waals surface area contributed by atoms with Gasteiger partial charge >= 0.3 is 0 Å². The summed E-state index contributed by atoms with van der Waals surface area (Å²) in [5.74, 6) is -0.860. The van der Waals surface area contributed by atoms with Gasteiger partial charge in [-0.2, -0.15) is 0 Å². The fourth-order valence-electron chi connectivity index (χ4n) is 1.45. The van der Waals surface area contributed by atoms with Gasteiger partial charge in [0.15, 0.2) is 0 Å². The number of para-hydroxylation sites is 1. The molecule has 0 aromatic heterocycles. The zero-order valence-corrected chi connectivity index (χ0v) is 11.6. The van der Waals surface area contributed by atoms with Crippen LogP contribution < -0.4 is 5.32 Å².